The molecule has 3 rings (SSSR count). The Balaban J connectivity index is 1.96. The minimum absolute atomic E-state index is 0.0411. The van der Waals surface area contributed by atoms with Crippen molar-refractivity contribution in [1.82, 2.24) is 19.7 Å². The molecule has 0 aliphatic rings. The van der Waals surface area contributed by atoms with Crippen LogP contribution in [0.15, 0.2) is 53.7 Å². The molecular formula is C25H29N5OS. The first-order chi connectivity index (χ1) is 15.2. The van der Waals surface area contributed by atoms with Gasteiger partial charge in [-0.3, -0.25) is 9.36 Å². The molecule has 0 aliphatic carbocycles. The topological polar surface area (TPSA) is 74.8 Å². The van der Waals surface area contributed by atoms with E-state index in [1.165, 1.54) is 17.3 Å². The summed E-state index contributed by atoms with van der Waals surface area (Å²) in [6.45, 7) is 9.05. The van der Waals surface area contributed by atoms with Gasteiger partial charge in [0.1, 0.15) is 0 Å². The zero-order chi connectivity index (χ0) is 23.3. The summed E-state index contributed by atoms with van der Waals surface area (Å²) < 4.78 is 2.02. The number of hydrogen-bond donors (Lipinski definition) is 0. The molecule has 0 bridgehead atoms. The molecule has 0 radical (unpaired) electrons. The van der Waals surface area contributed by atoms with Crippen LogP contribution in [0.25, 0.3) is 17.1 Å². The van der Waals surface area contributed by atoms with Crippen LogP contribution in [0.1, 0.15) is 38.3 Å². The van der Waals surface area contributed by atoms with Gasteiger partial charge in [-0.1, -0.05) is 75.0 Å². The molecule has 1 heterocycles. The fourth-order valence-corrected chi connectivity index (χ4v) is 4.17. The lowest BCUT2D eigenvalue weighted by Crippen LogP contribution is -2.29. The summed E-state index contributed by atoms with van der Waals surface area (Å²) in [6.07, 6.45) is 0.320. The molecular weight excluding hydrogens is 418 g/mol. The highest BCUT2D eigenvalue weighted by Gasteiger charge is 2.20. The van der Waals surface area contributed by atoms with Crippen LogP contribution < -0.4 is 0 Å². The molecule has 0 atom stereocenters. The highest BCUT2D eigenvalue weighted by atomic mass is 32.2. The van der Waals surface area contributed by atoms with E-state index >= 15 is 0 Å². The average Bonchev–Trinajstić information content (AvgIpc) is 3.19. The molecule has 0 unspecified atom stereocenters. The maximum Gasteiger partial charge on any atom is 0.232 e. The molecule has 7 heteroatoms. The van der Waals surface area contributed by atoms with Gasteiger partial charge in [0, 0.05) is 19.2 Å². The third-order valence-corrected chi connectivity index (χ3v) is 6.22. The van der Waals surface area contributed by atoms with Crippen LogP contribution in [0.5, 0.6) is 0 Å². The minimum Gasteiger partial charge on any atom is -0.344 e. The highest BCUT2D eigenvalue weighted by molar-refractivity contribution is 7.99. The van der Waals surface area contributed by atoms with E-state index in [0.29, 0.717) is 18.1 Å². The minimum atomic E-state index is -0.0411. The quantitative estimate of drug-likeness (QED) is 0.476. The third kappa shape index (κ3) is 5.38. The van der Waals surface area contributed by atoms with Gasteiger partial charge in [0.25, 0.3) is 0 Å². The average molecular weight is 448 g/mol. The van der Waals surface area contributed by atoms with E-state index in [1.54, 1.807) is 11.9 Å². The van der Waals surface area contributed by atoms with Gasteiger partial charge in [0.15, 0.2) is 11.0 Å². The van der Waals surface area contributed by atoms with E-state index in [4.69, 9.17) is 5.26 Å². The lowest BCUT2D eigenvalue weighted by molar-refractivity contribution is -0.127. The largest absolute Gasteiger partial charge is 0.344 e. The molecule has 0 saturated heterocycles. The molecule has 0 saturated carbocycles. The summed E-state index contributed by atoms with van der Waals surface area (Å²) in [4.78, 5) is 14.1. The van der Waals surface area contributed by atoms with Crippen molar-refractivity contribution in [1.29, 1.82) is 5.26 Å². The molecule has 1 amide bonds. The predicted molar refractivity (Wildman–Crippen MR) is 129 cm³/mol. The number of nitriles is 1. The summed E-state index contributed by atoms with van der Waals surface area (Å²) in [5, 5.41) is 18.3. The van der Waals surface area contributed by atoms with Crippen LogP contribution in [0.3, 0.4) is 0 Å². The molecule has 166 valence electrons. The van der Waals surface area contributed by atoms with Crippen molar-refractivity contribution >= 4 is 17.7 Å². The van der Waals surface area contributed by atoms with E-state index in [9.17, 15) is 4.79 Å². The second kappa shape index (κ2) is 10.0. The molecule has 0 N–H and O–H groups in total. The van der Waals surface area contributed by atoms with Crippen molar-refractivity contribution in [2.75, 3.05) is 19.3 Å². The number of carbonyl (C=O) groups is 1. The van der Waals surface area contributed by atoms with Crippen molar-refractivity contribution in [3.05, 3.63) is 59.7 Å². The van der Waals surface area contributed by atoms with Gasteiger partial charge in [-0.2, -0.15) is 5.26 Å². The molecule has 2 aromatic carbocycles. The van der Waals surface area contributed by atoms with E-state index in [2.05, 4.69) is 74.3 Å². The van der Waals surface area contributed by atoms with Crippen molar-refractivity contribution in [2.24, 2.45) is 0 Å². The number of rotatable bonds is 7. The number of nitrogens with zero attached hydrogens (tertiary/aromatic N) is 5. The van der Waals surface area contributed by atoms with Gasteiger partial charge in [0.2, 0.25) is 5.91 Å². The van der Waals surface area contributed by atoms with E-state index in [0.717, 1.165) is 22.6 Å². The zero-order valence-corrected chi connectivity index (χ0v) is 20.1. The second-order valence-electron chi connectivity index (χ2n) is 8.77. The molecule has 0 spiro atoms. The zero-order valence-electron chi connectivity index (χ0n) is 19.3. The Morgan fingerprint density at radius 3 is 2.44 bits per heavy atom. The van der Waals surface area contributed by atoms with Crippen LogP contribution in [0.2, 0.25) is 0 Å². The van der Waals surface area contributed by atoms with Gasteiger partial charge in [0.05, 0.1) is 23.9 Å². The molecule has 0 fully saturated rings. The molecule has 6 nitrogen and oxygen atoms in total. The fourth-order valence-electron chi connectivity index (χ4n) is 3.28. The van der Waals surface area contributed by atoms with Crippen LogP contribution in [0.4, 0.5) is 0 Å². The molecule has 0 aliphatic heterocycles. The lowest BCUT2D eigenvalue weighted by atomic mass is 9.87. The van der Waals surface area contributed by atoms with Gasteiger partial charge >= 0.3 is 0 Å². The summed E-state index contributed by atoms with van der Waals surface area (Å²) in [5.74, 6) is 0.933. The van der Waals surface area contributed by atoms with E-state index in [1.807, 2.05) is 22.8 Å². The van der Waals surface area contributed by atoms with Crippen molar-refractivity contribution < 1.29 is 4.79 Å². The Bertz CT molecular complexity index is 1120. The monoisotopic (exact) mass is 447 g/mol. The number of hydrogen-bond acceptors (Lipinski definition) is 5. The smallest absolute Gasteiger partial charge is 0.232 e. The van der Waals surface area contributed by atoms with E-state index < -0.39 is 0 Å². The predicted octanol–water partition coefficient (Wildman–Crippen LogP) is 5.00. The standard InChI is InChI=1S/C25H29N5OS/c1-18-9-6-7-10-21(18)30-23(19-11-13-20(14-12-19)25(2,3)4)27-28-24(30)32-17-22(31)29(5)16-8-15-26/h6-7,9-14H,8,16-17H2,1-5H3. The van der Waals surface area contributed by atoms with Crippen LogP contribution in [-0.4, -0.2) is 44.9 Å². The van der Waals surface area contributed by atoms with Crippen LogP contribution >= 0.6 is 11.8 Å². The first-order valence-electron chi connectivity index (χ1n) is 10.6. The summed E-state index contributed by atoms with van der Waals surface area (Å²) in [6, 6.07) is 18.6. The Morgan fingerprint density at radius 2 is 1.81 bits per heavy atom. The maximum atomic E-state index is 12.5. The maximum absolute atomic E-state index is 12.5. The first kappa shape index (κ1) is 23.6. The SMILES string of the molecule is Cc1ccccc1-n1c(SCC(=O)N(C)CCC#N)nnc1-c1ccc(C(C)(C)C)cc1. The number of amides is 1. The Hall–Kier alpha value is -3.11. The second-order valence-corrected chi connectivity index (χ2v) is 9.71. The summed E-state index contributed by atoms with van der Waals surface area (Å²) >= 11 is 1.36. The number of para-hydroxylation sites is 1. The Labute approximate surface area is 194 Å². The first-order valence-corrected chi connectivity index (χ1v) is 11.6. The van der Waals surface area contributed by atoms with Crippen molar-refractivity contribution in [3.8, 4) is 23.1 Å². The normalized spacial score (nSPS) is 11.2. The molecule has 3 aromatic rings. The van der Waals surface area contributed by atoms with Gasteiger partial charge in [-0.15, -0.1) is 10.2 Å². The number of aryl methyl sites for hydroxylation is 1. The number of benzene rings is 2. The van der Waals surface area contributed by atoms with Gasteiger partial charge < -0.3 is 4.90 Å². The van der Waals surface area contributed by atoms with Crippen molar-refractivity contribution in [2.45, 2.75) is 44.7 Å². The van der Waals surface area contributed by atoms with Gasteiger partial charge in [-0.25, -0.2) is 0 Å². The lowest BCUT2D eigenvalue weighted by Gasteiger charge is -2.19. The molecule has 1 aromatic heterocycles. The van der Waals surface area contributed by atoms with Crippen molar-refractivity contribution in [3.63, 3.8) is 0 Å². The number of thioether (sulfide) groups is 1. The molecule has 32 heavy (non-hydrogen) atoms. The van der Waals surface area contributed by atoms with Crippen LogP contribution in [-0.2, 0) is 10.2 Å². The third-order valence-electron chi connectivity index (χ3n) is 5.31. The Kier molecular flexibility index (Phi) is 7.37. The number of carbonyl (C=O) groups excluding carboxylic acids is 1. The summed E-state index contributed by atoms with van der Waals surface area (Å²) in [7, 11) is 1.72. The van der Waals surface area contributed by atoms with E-state index in [-0.39, 0.29) is 17.1 Å². The van der Waals surface area contributed by atoms with Gasteiger partial charge in [-0.05, 0) is 29.5 Å². The Morgan fingerprint density at radius 1 is 1.12 bits per heavy atom. The highest BCUT2D eigenvalue weighted by Crippen LogP contribution is 2.31. The number of aromatic nitrogens is 3. The van der Waals surface area contributed by atoms with Crippen LogP contribution in [0, 0.1) is 18.3 Å². The summed E-state index contributed by atoms with van der Waals surface area (Å²) in [5.41, 5.74) is 4.38. The fraction of sp³-hybridized carbons (Fsp3) is 0.360.